The highest BCUT2D eigenvalue weighted by atomic mass is 19.1. The van der Waals surface area contributed by atoms with Gasteiger partial charge < -0.3 is 14.3 Å². The van der Waals surface area contributed by atoms with Crippen molar-refractivity contribution < 1.29 is 18.1 Å². The minimum absolute atomic E-state index is 0.0880. The van der Waals surface area contributed by atoms with Crippen molar-refractivity contribution in [2.24, 2.45) is 0 Å². The second-order valence-electron chi connectivity index (χ2n) is 4.42. The predicted octanol–water partition coefficient (Wildman–Crippen LogP) is 3.63. The highest BCUT2D eigenvalue weighted by Gasteiger charge is 2.16. The molecule has 0 aliphatic heterocycles. The molecule has 0 radical (unpaired) electrons. The van der Waals surface area contributed by atoms with Gasteiger partial charge in [-0.15, -0.1) is 0 Å². The highest BCUT2D eigenvalue weighted by molar-refractivity contribution is 6.03. The Balaban J connectivity index is 1.81. The van der Waals surface area contributed by atoms with Crippen molar-refractivity contribution in [3.05, 3.63) is 59.7 Å². The second-order valence-corrected chi connectivity index (χ2v) is 4.42. The molecule has 0 aliphatic rings. The summed E-state index contributed by atoms with van der Waals surface area (Å²) >= 11 is 0. The van der Waals surface area contributed by atoms with Gasteiger partial charge in [-0.05, 0) is 31.2 Å². The van der Waals surface area contributed by atoms with Crippen molar-refractivity contribution in [1.29, 1.82) is 0 Å². The van der Waals surface area contributed by atoms with Crippen molar-refractivity contribution in [2.45, 2.75) is 6.92 Å². The Hall–Kier alpha value is -2.89. The Morgan fingerprint density at radius 1 is 1.24 bits per heavy atom. The summed E-state index contributed by atoms with van der Waals surface area (Å²) in [6, 6.07) is 9.32. The van der Waals surface area contributed by atoms with Crippen LogP contribution in [0.25, 0.3) is 11.5 Å². The number of benzene rings is 1. The Morgan fingerprint density at radius 3 is 2.86 bits per heavy atom. The molecule has 6 heteroatoms. The van der Waals surface area contributed by atoms with Crippen molar-refractivity contribution in [3.63, 3.8) is 0 Å². The monoisotopic (exact) mass is 286 g/mol. The van der Waals surface area contributed by atoms with Crippen LogP contribution in [0.2, 0.25) is 0 Å². The molecule has 2 heterocycles. The summed E-state index contributed by atoms with van der Waals surface area (Å²) in [6.07, 6.45) is 1.49. The van der Waals surface area contributed by atoms with E-state index in [0.29, 0.717) is 22.8 Å². The summed E-state index contributed by atoms with van der Waals surface area (Å²) in [5.74, 6) is -0.0425. The fourth-order valence-electron chi connectivity index (χ4n) is 1.85. The Morgan fingerprint density at radius 2 is 2.10 bits per heavy atom. The van der Waals surface area contributed by atoms with Gasteiger partial charge in [-0.3, -0.25) is 4.79 Å². The van der Waals surface area contributed by atoms with Gasteiger partial charge in [0.05, 0.1) is 6.26 Å². The molecule has 1 aromatic carbocycles. The van der Waals surface area contributed by atoms with Crippen LogP contribution in [0.5, 0.6) is 0 Å². The molecule has 1 amide bonds. The first-order chi connectivity index (χ1) is 10.1. The number of carbonyl (C=O) groups is 1. The molecule has 106 valence electrons. The molecule has 5 nitrogen and oxygen atoms in total. The molecule has 0 atom stereocenters. The second kappa shape index (κ2) is 5.24. The maximum atomic E-state index is 13.4. The van der Waals surface area contributed by atoms with Crippen LogP contribution in [0.1, 0.15) is 16.1 Å². The minimum atomic E-state index is -0.481. The summed E-state index contributed by atoms with van der Waals surface area (Å²) in [5, 5.41) is 6.27. The number of anilines is 1. The van der Waals surface area contributed by atoms with Crippen molar-refractivity contribution in [2.75, 3.05) is 5.32 Å². The largest absolute Gasteiger partial charge is 0.461 e. The van der Waals surface area contributed by atoms with Gasteiger partial charge in [0.25, 0.3) is 5.91 Å². The van der Waals surface area contributed by atoms with Gasteiger partial charge in [0.15, 0.2) is 11.5 Å². The fraction of sp³-hybridized carbons (Fsp3) is 0.0667. The number of rotatable bonds is 3. The van der Waals surface area contributed by atoms with E-state index in [2.05, 4.69) is 10.5 Å². The summed E-state index contributed by atoms with van der Waals surface area (Å²) in [7, 11) is 0. The van der Waals surface area contributed by atoms with Crippen LogP contribution >= 0.6 is 0 Å². The number of hydrogen-bond donors (Lipinski definition) is 1. The van der Waals surface area contributed by atoms with Crippen LogP contribution in [0.15, 0.2) is 51.6 Å². The van der Waals surface area contributed by atoms with Gasteiger partial charge in [0, 0.05) is 17.3 Å². The van der Waals surface area contributed by atoms with E-state index in [9.17, 15) is 9.18 Å². The number of halogens is 1. The van der Waals surface area contributed by atoms with Gasteiger partial charge in [0.1, 0.15) is 5.82 Å². The zero-order valence-corrected chi connectivity index (χ0v) is 11.1. The van der Waals surface area contributed by atoms with E-state index in [1.165, 1.54) is 24.5 Å². The summed E-state index contributed by atoms with van der Waals surface area (Å²) in [4.78, 5) is 12.1. The SMILES string of the molecule is Cc1c(F)cccc1NC(=O)c1cc(-c2ccco2)on1. The molecule has 0 bridgehead atoms. The number of hydrogen-bond acceptors (Lipinski definition) is 4. The normalized spacial score (nSPS) is 10.6. The average Bonchev–Trinajstić information content (AvgIpc) is 3.13. The van der Waals surface area contributed by atoms with Crippen molar-refractivity contribution >= 4 is 11.6 Å². The van der Waals surface area contributed by atoms with Crippen LogP contribution in [0.4, 0.5) is 10.1 Å². The Labute approximate surface area is 119 Å². The lowest BCUT2D eigenvalue weighted by atomic mass is 10.2. The molecular weight excluding hydrogens is 275 g/mol. The fourth-order valence-corrected chi connectivity index (χ4v) is 1.85. The first-order valence-corrected chi connectivity index (χ1v) is 6.22. The molecule has 0 fully saturated rings. The highest BCUT2D eigenvalue weighted by Crippen LogP contribution is 2.22. The quantitative estimate of drug-likeness (QED) is 0.798. The van der Waals surface area contributed by atoms with Gasteiger partial charge in [-0.2, -0.15) is 0 Å². The number of nitrogens with one attached hydrogen (secondary N) is 1. The molecule has 0 spiro atoms. The number of amides is 1. The standard InChI is InChI=1S/C15H11FN2O3/c1-9-10(16)4-2-5-11(9)17-15(19)12-8-14(21-18-12)13-6-3-7-20-13/h2-8H,1H3,(H,17,19). The first kappa shape index (κ1) is 13.1. The first-order valence-electron chi connectivity index (χ1n) is 6.22. The van der Waals surface area contributed by atoms with Crippen molar-refractivity contribution in [1.82, 2.24) is 5.16 Å². The molecule has 3 rings (SSSR count). The lowest BCUT2D eigenvalue weighted by Crippen LogP contribution is -2.13. The maximum absolute atomic E-state index is 13.4. The number of nitrogens with zero attached hydrogens (tertiary/aromatic N) is 1. The van der Waals surface area contributed by atoms with E-state index < -0.39 is 5.91 Å². The Kier molecular flexibility index (Phi) is 3.27. The maximum Gasteiger partial charge on any atom is 0.277 e. The molecular formula is C15H11FN2O3. The van der Waals surface area contributed by atoms with Crippen LogP contribution in [-0.2, 0) is 0 Å². The lowest BCUT2D eigenvalue weighted by molar-refractivity contribution is 0.101. The molecule has 0 aliphatic carbocycles. The third kappa shape index (κ3) is 2.55. The number of carbonyl (C=O) groups excluding carboxylic acids is 1. The average molecular weight is 286 g/mol. The number of aromatic nitrogens is 1. The molecule has 1 N–H and O–H groups in total. The summed E-state index contributed by atoms with van der Waals surface area (Å²) in [5.41, 5.74) is 0.841. The van der Waals surface area contributed by atoms with Crippen LogP contribution in [0, 0.1) is 12.7 Å². The zero-order chi connectivity index (χ0) is 14.8. The van der Waals surface area contributed by atoms with Gasteiger partial charge in [-0.25, -0.2) is 4.39 Å². The Bertz CT molecular complexity index is 778. The van der Waals surface area contributed by atoms with E-state index in [1.54, 1.807) is 25.1 Å². The van der Waals surface area contributed by atoms with Crippen LogP contribution < -0.4 is 5.32 Å². The van der Waals surface area contributed by atoms with E-state index >= 15 is 0 Å². The number of furan rings is 1. The molecule has 0 unspecified atom stereocenters. The van der Waals surface area contributed by atoms with Gasteiger partial charge in [0.2, 0.25) is 5.76 Å². The topological polar surface area (TPSA) is 68.3 Å². The van der Waals surface area contributed by atoms with Gasteiger partial charge in [-0.1, -0.05) is 11.2 Å². The summed E-state index contributed by atoms with van der Waals surface area (Å²) < 4.78 is 23.6. The summed E-state index contributed by atoms with van der Waals surface area (Å²) in [6.45, 7) is 1.59. The lowest BCUT2D eigenvalue weighted by Gasteiger charge is -2.06. The van der Waals surface area contributed by atoms with Crippen LogP contribution in [0.3, 0.4) is 0 Å². The predicted molar refractivity (Wildman–Crippen MR) is 73.3 cm³/mol. The zero-order valence-electron chi connectivity index (χ0n) is 11.1. The van der Waals surface area contributed by atoms with E-state index in [1.807, 2.05) is 0 Å². The minimum Gasteiger partial charge on any atom is -0.461 e. The molecule has 21 heavy (non-hydrogen) atoms. The molecule has 3 aromatic rings. The van der Waals surface area contributed by atoms with Gasteiger partial charge >= 0.3 is 0 Å². The molecule has 2 aromatic heterocycles. The third-order valence-electron chi connectivity index (χ3n) is 3.02. The van der Waals surface area contributed by atoms with Crippen molar-refractivity contribution in [3.8, 4) is 11.5 Å². The smallest absolute Gasteiger partial charge is 0.277 e. The van der Waals surface area contributed by atoms with Crippen LogP contribution in [-0.4, -0.2) is 11.1 Å². The third-order valence-corrected chi connectivity index (χ3v) is 3.02. The van der Waals surface area contributed by atoms with E-state index in [4.69, 9.17) is 8.94 Å². The molecule has 0 saturated heterocycles. The van der Waals surface area contributed by atoms with E-state index in [0.717, 1.165) is 0 Å². The van der Waals surface area contributed by atoms with E-state index in [-0.39, 0.29) is 11.5 Å². The molecule has 0 saturated carbocycles.